The molecule has 0 aromatic heterocycles. The number of hydrogen-bond donors (Lipinski definition) is 2. The standard InChI is InChI=1S/C19H20N2O3/c1-13-5-4-6-15(11-13)24-12-18(22)21-17-8-3-2-7-16(17)19(23)20-14-9-10-14/h2-8,11,14H,9-10,12H2,1H3,(H,20,23)(H,21,22). The molecule has 24 heavy (non-hydrogen) atoms. The Labute approximate surface area is 141 Å². The largest absolute Gasteiger partial charge is 0.484 e. The van der Waals surface area contributed by atoms with Gasteiger partial charge < -0.3 is 15.4 Å². The Hall–Kier alpha value is -2.82. The highest BCUT2D eigenvalue weighted by Crippen LogP contribution is 2.21. The molecule has 0 radical (unpaired) electrons. The van der Waals surface area contributed by atoms with Gasteiger partial charge in [-0.15, -0.1) is 0 Å². The molecule has 2 aromatic carbocycles. The molecule has 0 aliphatic heterocycles. The zero-order chi connectivity index (χ0) is 16.9. The molecular weight excluding hydrogens is 304 g/mol. The minimum absolute atomic E-state index is 0.109. The van der Waals surface area contributed by atoms with Crippen LogP contribution in [0.1, 0.15) is 28.8 Å². The van der Waals surface area contributed by atoms with E-state index in [4.69, 9.17) is 4.74 Å². The molecule has 1 saturated carbocycles. The normalized spacial score (nSPS) is 13.2. The fourth-order valence-corrected chi connectivity index (χ4v) is 2.32. The second-order valence-electron chi connectivity index (χ2n) is 5.95. The molecule has 1 aliphatic carbocycles. The summed E-state index contributed by atoms with van der Waals surface area (Å²) in [6.07, 6.45) is 2.04. The van der Waals surface area contributed by atoms with Crippen LogP contribution in [0.15, 0.2) is 48.5 Å². The van der Waals surface area contributed by atoms with E-state index in [1.54, 1.807) is 30.3 Å². The minimum atomic E-state index is -0.303. The van der Waals surface area contributed by atoms with Crippen LogP contribution in [0, 0.1) is 6.92 Å². The summed E-state index contributed by atoms with van der Waals surface area (Å²) in [4.78, 5) is 24.3. The third-order valence-electron chi connectivity index (χ3n) is 3.72. The Kier molecular flexibility index (Phi) is 4.79. The zero-order valence-electron chi connectivity index (χ0n) is 13.5. The quantitative estimate of drug-likeness (QED) is 0.858. The molecular formula is C19H20N2O3. The monoisotopic (exact) mass is 324 g/mol. The summed E-state index contributed by atoms with van der Waals surface area (Å²) in [5.41, 5.74) is 2.02. The van der Waals surface area contributed by atoms with E-state index < -0.39 is 0 Å². The number of amides is 2. The highest BCUT2D eigenvalue weighted by atomic mass is 16.5. The van der Waals surface area contributed by atoms with Crippen molar-refractivity contribution < 1.29 is 14.3 Å². The Bertz CT molecular complexity index is 754. The van der Waals surface area contributed by atoms with E-state index in [1.807, 2.05) is 25.1 Å². The highest BCUT2D eigenvalue weighted by molar-refractivity contribution is 6.04. The molecule has 5 heteroatoms. The van der Waals surface area contributed by atoms with Crippen molar-refractivity contribution in [1.29, 1.82) is 0 Å². The van der Waals surface area contributed by atoms with Crippen molar-refractivity contribution in [2.45, 2.75) is 25.8 Å². The van der Waals surface area contributed by atoms with Gasteiger partial charge in [0.1, 0.15) is 5.75 Å². The number of hydrogen-bond acceptors (Lipinski definition) is 3. The summed E-state index contributed by atoms with van der Waals surface area (Å²) >= 11 is 0. The lowest BCUT2D eigenvalue weighted by Gasteiger charge is -2.12. The van der Waals surface area contributed by atoms with E-state index in [9.17, 15) is 9.59 Å². The zero-order valence-corrected chi connectivity index (χ0v) is 13.5. The molecule has 2 N–H and O–H groups in total. The van der Waals surface area contributed by atoms with Gasteiger partial charge in [-0.1, -0.05) is 24.3 Å². The predicted molar refractivity (Wildman–Crippen MR) is 92.2 cm³/mol. The average molecular weight is 324 g/mol. The lowest BCUT2D eigenvalue weighted by Crippen LogP contribution is -2.28. The van der Waals surface area contributed by atoms with Crippen LogP contribution in [0.25, 0.3) is 0 Å². The number of ether oxygens (including phenoxy) is 1. The molecule has 0 bridgehead atoms. The Morgan fingerprint density at radius 2 is 1.92 bits per heavy atom. The van der Waals surface area contributed by atoms with Crippen LogP contribution in [0.5, 0.6) is 5.75 Å². The average Bonchev–Trinajstić information content (AvgIpc) is 3.37. The van der Waals surface area contributed by atoms with Gasteiger partial charge in [-0.25, -0.2) is 0 Å². The van der Waals surface area contributed by atoms with Crippen LogP contribution >= 0.6 is 0 Å². The van der Waals surface area contributed by atoms with Crippen LogP contribution in [0.4, 0.5) is 5.69 Å². The lowest BCUT2D eigenvalue weighted by molar-refractivity contribution is -0.118. The summed E-state index contributed by atoms with van der Waals surface area (Å²) in [6.45, 7) is 1.85. The van der Waals surface area contributed by atoms with Crippen LogP contribution < -0.4 is 15.4 Å². The molecule has 1 aliphatic rings. The van der Waals surface area contributed by atoms with Crippen LogP contribution in [0.2, 0.25) is 0 Å². The van der Waals surface area contributed by atoms with E-state index in [0.717, 1.165) is 18.4 Å². The second kappa shape index (κ2) is 7.17. The maximum Gasteiger partial charge on any atom is 0.262 e. The SMILES string of the molecule is Cc1cccc(OCC(=O)Nc2ccccc2C(=O)NC2CC2)c1. The first-order valence-electron chi connectivity index (χ1n) is 8.01. The van der Waals surface area contributed by atoms with E-state index in [0.29, 0.717) is 17.0 Å². The molecule has 0 heterocycles. The first-order valence-corrected chi connectivity index (χ1v) is 8.01. The van der Waals surface area contributed by atoms with Gasteiger partial charge in [0.25, 0.3) is 11.8 Å². The maximum atomic E-state index is 12.2. The maximum absolute atomic E-state index is 12.2. The summed E-state index contributed by atoms with van der Waals surface area (Å²) < 4.78 is 5.48. The highest BCUT2D eigenvalue weighted by Gasteiger charge is 2.25. The topological polar surface area (TPSA) is 67.4 Å². The molecule has 0 saturated heterocycles. The third-order valence-corrected chi connectivity index (χ3v) is 3.72. The minimum Gasteiger partial charge on any atom is -0.484 e. The number of para-hydroxylation sites is 1. The van der Waals surface area contributed by atoms with E-state index >= 15 is 0 Å². The van der Waals surface area contributed by atoms with Crippen LogP contribution in [-0.2, 0) is 4.79 Å². The van der Waals surface area contributed by atoms with Crippen molar-refractivity contribution in [3.63, 3.8) is 0 Å². The van der Waals surface area contributed by atoms with E-state index in [-0.39, 0.29) is 24.5 Å². The Morgan fingerprint density at radius 3 is 2.67 bits per heavy atom. The summed E-state index contributed by atoms with van der Waals surface area (Å²) in [7, 11) is 0. The number of carbonyl (C=O) groups is 2. The van der Waals surface area contributed by atoms with Gasteiger partial charge in [-0.3, -0.25) is 9.59 Å². The molecule has 5 nitrogen and oxygen atoms in total. The van der Waals surface area contributed by atoms with E-state index in [2.05, 4.69) is 10.6 Å². The van der Waals surface area contributed by atoms with Crippen molar-refractivity contribution in [3.8, 4) is 5.75 Å². The predicted octanol–water partition coefficient (Wildman–Crippen LogP) is 2.90. The number of nitrogens with one attached hydrogen (secondary N) is 2. The van der Waals surface area contributed by atoms with Gasteiger partial charge >= 0.3 is 0 Å². The van der Waals surface area contributed by atoms with Gasteiger partial charge in [0.15, 0.2) is 6.61 Å². The molecule has 3 rings (SSSR count). The van der Waals surface area contributed by atoms with Crippen LogP contribution in [0.3, 0.4) is 0 Å². The summed E-state index contributed by atoms with van der Waals surface area (Å²) in [5, 5.41) is 5.67. The van der Waals surface area contributed by atoms with Gasteiger partial charge in [0, 0.05) is 6.04 Å². The van der Waals surface area contributed by atoms with Crippen molar-refractivity contribution in [2.24, 2.45) is 0 Å². The molecule has 0 spiro atoms. The van der Waals surface area contributed by atoms with E-state index in [1.165, 1.54) is 0 Å². The Morgan fingerprint density at radius 1 is 1.12 bits per heavy atom. The number of rotatable bonds is 6. The lowest BCUT2D eigenvalue weighted by atomic mass is 10.1. The van der Waals surface area contributed by atoms with Gasteiger partial charge in [-0.05, 0) is 49.6 Å². The van der Waals surface area contributed by atoms with Crippen molar-refractivity contribution in [2.75, 3.05) is 11.9 Å². The first kappa shape index (κ1) is 16.1. The fraction of sp³-hybridized carbons (Fsp3) is 0.263. The number of aryl methyl sites for hydroxylation is 1. The smallest absolute Gasteiger partial charge is 0.262 e. The molecule has 1 fully saturated rings. The number of anilines is 1. The number of carbonyl (C=O) groups excluding carboxylic acids is 2. The molecule has 0 unspecified atom stereocenters. The summed E-state index contributed by atoms with van der Waals surface area (Å²) in [5.74, 6) is 0.182. The fourth-order valence-electron chi connectivity index (χ4n) is 2.32. The molecule has 124 valence electrons. The van der Waals surface area contributed by atoms with Crippen molar-refractivity contribution >= 4 is 17.5 Å². The molecule has 0 atom stereocenters. The number of benzene rings is 2. The molecule has 2 aromatic rings. The third kappa shape index (κ3) is 4.35. The molecule has 2 amide bonds. The van der Waals surface area contributed by atoms with Gasteiger partial charge in [0.2, 0.25) is 0 Å². The van der Waals surface area contributed by atoms with Crippen molar-refractivity contribution in [3.05, 3.63) is 59.7 Å². The second-order valence-corrected chi connectivity index (χ2v) is 5.95. The first-order chi connectivity index (χ1) is 11.6. The van der Waals surface area contributed by atoms with Crippen molar-refractivity contribution in [1.82, 2.24) is 5.32 Å². The van der Waals surface area contributed by atoms with Gasteiger partial charge in [-0.2, -0.15) is 0 Å². The van der Waals surface area contributed by atoms with Crippen LogP contribution in [-0.4, -0.2) is 24.5 Å². The summed E-state index contributed by atoms with van der Waals surface area (Å²) in [6, 6.07) is 14.8. The Balaban J connectivity index is 1.60. The van der Waals surface area contributed by atoms with Gasteiger partial charge in [0.05, 0.1) is 11.3 Å².